The molecule has 0 saturated heterocycles. The maximum Gasteiger partial charge on any atom is 0.337 e. The highest BCUT2D eigenvalue weighted by Gasteiger charge is 2.22. The summed E-state index contributed by atoms with van der Waals surface area (Å²) in [6, 6.07) is 15.6. The van der Waals surface area contributed by atoms with Gasteiger partial charge in [-0.05, 0) is 29.3 Å². The Balaban J connectivity index is 2.30. The summed E-state index contributed by atoms with van der Waals surface area (Å²) in [4.78, 5) is 24.1. The average Bonchev–Trinajstić information content (AvgIpc) is 2.55. The Morgan fingerprint density at radius 3 is 2.52 bits per heavy atom. The van der Waals surface area contributed by atoms with Crippen LogP contribution in [0.3, 0.4) is 0 Å². The zero-order chi connectivity index (χ0) is 16.8. The van der Waals surface area contributed by atoms with Crippen molar-refractivity contribution in [2.45, 2.75) is 12.3 Å². The molecule has 2 aromatic carbocycles. The number of nitrogens with zero attached hydrogens (tertiary/aromatic N) is 1. The quantitative estimate of drug-likeness (QED) is 0.788. The van der Waals surface area contributed by atoms with Gasteiger partial charge in [0.25, 0.3) is 0 Å². The minimum atomic E-state index is -0.989. The van der Waals surface area contributed by atoms with E-state index in [0.29, 0.717) is 5.56 Å². The first-order valence-corrected chi connectivity index (χ1v) is 7.28. The lowest BCUT2D eigenvalue weighted by Crippen LogP contribution is -2.14. The van der Waals surface area contributed by atoms with Crippen LogP contribution in [0.5, 0.6) is 0 Å². The molecule has 2 rings (SSSR count). The highest BCUT2D eigenvalue weighted by Crippen LogP contribution is 2.24. The molecule has 0 saturated carbocycles. The van der Waals surface area contributed by atoms with E-state index in [9.17, 15) is 14.9 Å². The Bertz CT molecular complexity index is 766. The van der Waals surface area contributed by atoms with Gasteiger partial charge in [-0.25, -0.2) is 4.79 Å². The van der Waals surface area contributed by atoms with Crippen LogP contribution in [-0.4, -0.2) is 18.9 Å². The third-order valence-corrected chi connectivity index (χ3v) is 3.57. The van der Waals surface area contributed by atoms with Gasteiger partial charge in [-0.3, -0.25) is 4.79 Å². The Labute approximate surface area is 139 Å². The van der Waals surface area contributed by atoms with Gasteiger partial charge in [-0.2, -0.15) is 5.26 Å². The second kappa shape index (κ2) is 7.57. The van der Waals surface area contributed by atoms with Crippen LogP contribution in [0.1, 0.15) is 27.4 Å². The van der Waals surface area contributed by atoms with Gasteiger partial charge < -0.3 is 4.74 Å². The first kappa shape index (κ1) is 16.7. The summed E-state index contributed by atoms with van der Waals surface area (Å²) in [7, 11) is 1.26. The molecule has 0 heterocycles. The third-order valence-electron chi connectivity index (χ3n) is 3.35. The fourth-order valence-corrected chi connectivity index (χ4v) is 2.49. The molecule has 0 bridgehead atoms. The number of carbonyl (C=O) groups excluding carboxylic acids is 2. The van der Waals surface area contributed by atoms with Crippen molar-refractivity contribution in [1.29, 1.82) is 5.26 Å². The SMILES string of the molecule is COC(=O)c1cc(Cl)cc(C(C#N)C(=O)Cc2ccccc2)c1. The predicted molar refractivity (Wildman–Crippen MR) is 86.3 cm³/mol. The van der Waals surface area contributed by atoms with Crippen LogP contribution in [0.4, 0.5) is 0 Å². The van der Waals surface area contributed by atoms with Crippen LogP contribution in [0, 0.1) is 11.3 Å². The molecule has 0 aromatic heterocycles. The topological polar surface area (TPSA) is 67.2 Å². The van der Waals surface area contributed by atoms with E-state index in [2.05, 4.69) is 4.74 Å². The van der Waals surface area contributed by atoms with E-state index >= 15 is 0 Å². The highest BCUT2D eigenvalue weighted by molar-refractivity contribution is 6.31. The Hall–Kier alpha value is -2.64. The Morgan fingerprint density at radius 2 is 1.91 bits per heavy atom. The van der Waals surface area contributed by atoms with Crippen molar-refractivity contribution in [3.05, 3.63) is 70.2 Å². The van der Waals surface area contributed by atoms with E-state index in [-0.39, 0.29) is 22.8 Å². The van der Waals surface area contributed by atoms with Crippen molar-refractivity contribution in [2.24, 2.45) is 0 Å². The van der Waals surface area contributed by atoms with Gasteiger partial charge in [0.05, 0.1) is 18.7 Å². The number of Topliss-reactive ketones (excluding diaryl/α,β-unsaturated/α-hetero) is 1. The van der Waals surface area contributed by atoms with E-state index in [0.717, 1.165) is 5.56 Å². The number of carbonyl (C=O) groups is 2. The molecule has 0 fully saturated rings. The van der Waals surface area contributed by atoms with Crippen LogP contribution in [0.25, 0.3) is 0 Å². The first-order valence-electron chi connectivity index (χ1n) is 6.90. The van der Waals surface area contributed by atoms with Gasteiger partial charge in [0.1, 0.15) is 5.92 Å². The number of esters is 1. The van der Waals surface area contributed by atoms with E-state index in [1.165, 1.54) is 25.3 Å². The molecular formula is C18H14ClNO3. The number of benzene rings is 2. The molecule has 0 radical (unpaired) electrons. The number of methoxy groups -OCH3 is 1. The molecule has 0 N–H and O–H groups in total. The smallest absolute Gasteiger partial charge is 0.337 e. The lowest BCUT2D eigenvalue weighted by atomic mass is 9.91. The fourth-order valence-electron chi connectivity index (χ4n) is 2.25. The summed E-state index contributed by atoms with van der Waals surface area (Å²) in [6.07, 6.45) is 0.138. The molecule has 0 spiro atoms. The molecule has 116 valence electrons. The van der Waals surface area contributed by atoms with Crippen molar-refractivity contribution in [1.82, 2.24) is 0 Å². The van der Waals surface area contributed by atoms with Crippen molar-refractivity contribution < 1.29 is 14.3 Å². The monoisotopic (exact) mass is 327 g/mol. The maximum atomic E-state index is 12.4. The summed E-state index contributed by atoms with van der Waals surface area (Å²) >= 11 is 5.99. The second-order valence-electron chi connectivity index (χ2n) is 4.96. The number of halogens is 1. The molecular weight excluding hydrogens is 314 g/mol. The summed E-state index contributed by atoms with van der Waals surface area (Å²) in [5, 5.41) is 9.65. The largest absolute Gasteiger partial charge is 0.465 e. The number of nitriles is 1. The lowest BCUT2D eigenvalue weighted by molar-refractivity contribution is -0.118. The minimum absolute atomic E-state index is 0.138. The van der Waals surface area contributed by atoms with Crippen molar-refractivity contribution in [3.8, 4) is 6.07 Å². The summed E-state index contributed by atoms with van der Waals surface area (Å²) in [6.45, 7) is 0. The van der Waals surface area contributed by atoms with Gasteiger partial charge >= 0.3 is 5.97 Å². The zero-order valence-electron chi connectivity index (χ0n) is 12.5. The van der Waals surface area contributed by atoms with Crippen LogP contribution >= 0.6 is 11.6 Å². The van der Waals surface area contributed by atoms with Crippen LogP contribution in [0.15, 0.2) is 48.5 Å². The molecule has 0 aliphatic carbocycles. The first-order chi connectivity index (χ1) is 11.0. The van der Waals surface area contributed by atoms with E-state index in [1.54, 1.807) is 0 Å². The molecule has 5 heteroatoms. The third kappa shape index (κ3) is 4.18. The van der Waals surface area contributed by atoms with Crippen molar-refractivity contribution in [3.63, 3.8) is 0 Å². The van der Waals surface area contributed by atoms with Crippen LogP contribution in [0.2, 0.25) is 5.02 Å². The zero-order valence-corrected chi connectivity index (χ0v) is 13.2. The van der Waals surface area contributed by atoms with Gasteiger partial charge in [0.15, 0.2) is 5.78 Å². The van der Waals surface area contributed by atoms with Crippen LogP contribution < -0.4 is 0 Å². The van der Waals surface area contributed by atoms with Crippen LogP contribution in [-0.2, 0) is 16.0 Å². The lowest BCUT2D eigenvalue weighted by Gasteiger charge is -2.11. The normalized spacial score (nSPS) is 11.3. The molecule has 1 unspecified atom stereocenters. The van der Waals surface area contributed by atoms with E-state index in [1.807, 2.05) is 36.4 Å². The Morgan fingerprint density at radius 1 is 1.22 bits per heavy atom. The van der Waals surface area contributed by atoms with Crippen molar-refractivity contribution in [2.75, 3.05) is 7.11 Å². The summed E-state index contributed by atoms with van der Waals surface area (Å²) in [5.41, 5.74) is 1.43. The number of hydrogen-bond donors (Lipinski definition) is 0. The molecule has 0 aliphatic rings. The maximum absolute atomic E-state index is 12.4. The summed E-state index contributed by atoms with van der Waals surface area (Å²) < 4.78 is 4.65. The number of hydrogen-bond acceptors (Lipinski definition) is 4. The van der Waals surface area contributed by atoms with Gasteiger partial charge in [-0.1, -0.05) is 41.9 Å². The molecule has 4 nitrogen and oxygen atoms in total. The fraction of sp³-hybridized carbons (Fsp3) is 0.167. The van der Waals surface area contributed by atoms with Gasteiger partial charge in [-0.15, -0.1) is 0 Å². The van der Waals surface area contributed by atoms with Gasteiger partial charge in [0, 0.05) is 11.4 Å². The summed E-state index contributed by atoms with van der Waals surface area (Å²) in [5.74, 6) is -1.81. The molecule has 1 atom stereocenters. The highest BCUT2D eigenvalue weighted by atomic mass is 35.5. The molecule has 23 heavy (non-hydrogen) atoms. The van der Waals surface area contributed by atoms with E-state index in [4.69, 9.17) is 11.6 Å². The number of ketones is 1. The van der Waals surface area contributed by atoms with E-state index < -0.39 is 11.9 Å². The van der Waals surface area contributed by atoms with Gasteiger partial charge in [0.2, 0.25) is 0 Å². The second-order valence-corrected chi connectivity index (χ2v) is 5.39. The number of rotatable bonds is 5. The van der Waals surface area contributed by atoms with Crippen molar-refractivity contribution >= 4 is 23.4 Å². The number of ether oxygens (including phenoxy) is 1. The minimum Gasteiger partial charge on any atom is -0.465 e. The predicted octanol–water partition coefficient (Wildman–Crippen LogP) is 3.55. The molecule has 0 amide bonds. The Kier molecular flexibility index (Phi) is 5.51. The standard InChI is InChI=1S/C18H14ClNO3/c1-23-18(22)14-8-13(9-15(19)10-14)16(11-20)17(21)7-12-5-3-2-4-6-12/h2-6,8-10,16H,7H2,1H3. The molecule has 0 aliphatic heterocycles. The molecule has 2 aromatic rings. The average molecular weight is 328 g/mol.